The van der Waals surface area contributed by atoms with Gasteiger partial charge in [0.2, 0.25) is 0 Å². The third-order valence-electron chi connectivity index (χ3n) is 5.11. The molecule has 0 aromatic heterocycles. The van der Waals surface area contributed by atoms with E-state index in [4.69, 9.17) is 0 Å². The van der Waals surface area contributed by atoms with E-state index in [0.717, 1.165) is 24.8 Å². The van der Waals surface area contributed by atoms with E-state index < -0.39 is 0 Å². The lowest BCUT2D eigenvalue weighted by Gasteiger charge is -2.41. The molecule has 0 aromatic rings. The van der Waals surface area contributed by atoms with Crippen molar-refractivity contribution in [3.63, 3.8) is 0 Å². The summed E-state index contributed by atoms with van der Waals surface area (Å²) in [5, 5.41) is 13.5. The molecule has 2 rings (SSSR count). The van der Waals surface area contributed by atoms with Gasteiger partial charge in [-0.1, -0.05) is 13.8 Å². The normalized spacial score (nSPS) is 43.0. The van der Waals surface area contributed by atoms with Crippen LogP contribution in [0.1, 0.15) is 39.5 Å². The van der Waals surface area contributed by atoms with Crippen molar-refractivity contribution in [2.24, 2.45) is 17.8 Å². The largest absolute Gasteiger partial charge is 0.392 e. The van der Waals surface area contributed by atoms with E-state index in [-0.39, 0.29) is 6.10 Å². The van der Waals surface area contributed by atoms with Crippen molar-refractivity contribution in [3.05, 3.63) is 0 Å². The highest BCUT2D eigenvalue weighted by Crippen LogP contribution is 2.30. The van der Waals surface area contributed by atoms with Gasteiger partial charge in [-0.3, -0.25) is 0 Å². The number of aliphatic hydroxyl groups is 1. The Kier molecular flexibility index (Phi) is 5.05. The quantitative estimate of drug-likeness (QED) is 0.805. The number of piperidine rings is 1. The fourth-order valence-corrected chi connectivity index (χ4v) is 3.69. The molecule has 1 aliphatic carbocycles. The van der Waals surface area contributed by atoms with Gasteiger partial charge >= 0.3 is 0 Å². The van der Waals surface area contributed by atoms with Crippen molar-refractivity contribution in [1.29, 1.82) is 0 Å². The van der Waals surface area contributed by atoms with Crippen LogP contribution in [0.2, 0.25) is 0 Å². The molecule has 5 unspecified atom stereocenters. The summed E-state index contributed by atoms with van der Waals surface area (Å²) in [6.45, 7) is 7.76. The molecule has 5 atom stereocenters. The Morgan fingerprint density at radius 3 is 2.67 bits per heavy atom. The Hall–Kier alpha value is -0.120. The molecule has 2 fully saturated rings. The first kappa shape index (κ1) is 14.3. The number of hydrogen-bond donors (Lipinski definition) is 2. The van der Waals surface area contributed by atoms with Crippen molar-refractivity contribution < 1.29 is 5.11 Å². The van der Waals surface area contributed by atoms with E-state index >= 15 is 0 Å². The maximum atomic E-state index is 10.00. The number of β-amino-alcohol motifs (C(OH)–C–C–N with tert-alkyl or cyclic N) is 1. The summed E-state index contributed by atoms with van der Waals surface area (Å²) in [5.74, 6) is 2.11. The summed E-state index contributed by atoms with van der Waals surface area (Å²) in [6.07, 6.45) is 5.05. The van der Waals surface area contributed by atoms with Gasteiger partial charge in [0.05, 0.1) is 6.10 Å². The molecule has 1 saturated heterocycles. The molecule has 1 heterocycles. The molecular weight excluding hydrogens is 224 g/mol. The van der Waals surface area contributed by atoms with E-state index in [1.54, 1.807) is 0 Å². The van der Waals surface area contributed by atoms with Crippen LogP contribution in [0.5, 0.6) is 0 Å². The van der Waals surface area contributed by atoms with Crippen molar-refractivity contribution >= 4 is 0 Å². The summed E-state index contributed by atoms with van der Waals surface area (Å²) in [4.78, 5) is 2.48. The van der Waals surface area contributed by atoms with Crippen LogP contribution in [-0.2, 0) is 0 Å². The Balaban J connectivity index is 1.87. The zero-order chi connectivity index (χ0) is 13.1. The minimum absolute atomic E-state index is 0.118. The van der Waals surface area contributed by atoms with E-state index in [9.17, 15) is 5.11 Å². The fourth-order valence-electron chi connectivity index (χ4n) is 3.69. The highest BCUT2D eigenvalue weighted by atomic mass is 16.3. The van der Waals surface area contributed by atoms with E-state index in [0.29, 0.717) is 12.0 Å². The summed E-state index contributed by atoms with van der Waals surface area (Å²) < 4.78 is 0. The van der Waals surface area contributed by atoms with Gasteiger partial charge in [-0.2, -0.15) is 0 Å². The van der Waals surface area contributed by atoms with Gasteiger partial charge in [0, 0.05) is 19.1 Å². The molecule has 0 spiro atoms. The van der Waals surface area contributed by atoms with Gasteiger partial charge in [-0.25, -0.2) is 0 Å². The summed E-state index contributed by atoms with van der Waals surface area (Å²) in [6, 6.07) is 0.678. The van der Waals surface area contributed by atoms with Crippen molar-refractivity contribution in [1.82, 2.24) is 10.2 Å². The standard InChI is InChI=1S/C15H30N2O/c1-11-4-5-14(16-3)13(8-11)9-17-7-6-12(2)15(18)10-17/h11-16,18H,4-10H2,1-3H3. The predicted molar refractivity (Wildman–Crippen MR) is 75.6 cm³/mol. The molecule has 106 valence electrons. The molecule has 2 aliphatic rings. The molecule has 3 nitrogen and oxygen atoms in total. The molecule has 0 amide bonds. The smallest absolute Gasteiger partial charge is 0.0693 e. The molecule has 0 radical (unpaired) electrons. The van der Waals surface area contributed by atoms with Crippen LogP contribution in [0.15, 0.2) is 0 Å². The minimum Gasteiger partial charge on any atom is -0.392 e. The number of nitrogens with one attached hydrogen (secondary N) is 1. The van der Waals surface area contributed by atoms with Crippen molar-refractivity contribution in [3.8, 4) is 0 Å². The fraction of sp³-hybridized carbons (Fsp3) is 1.00. The molecule has 18 heavy (non-hydrogen) atoms. The monoisotopic (exact) mass is 254 g/mol. The second-order valence-electron chi connectivity index (χ2n) is 6.67. The first-order chi connectivity index (χ1) is 8.60. The third kappa shape index (κ3) is 3.46. The highest BCUT2D eigenvalue weighted by Gasteiger charge is 2.31. The average Bonchev–Trinajstić information content (AvgIpc) is 2.34. The topological polar surface area (TPSA) is 35.5 Å². The summed E-state index contributed by atoms with van der Waals surface area (Å²) >= 11 is 0. The first-order valence-corrected chi connectivity index (χ1v) is 7.67. The summed E-state index contributed by atoms with van der Waals surface area (Å²) in [5.41, 5.74) is 0. The molecule has 2 N–H and O–H groups in total. The van der Waals surface area contributed by atoms with Gasteiger partial charge in [0.15, 0.2) is 0 Å². The first-order valence-electron chi connectivity index (χ1n) is 7.67. The minimum atomic E-state index is -0.118. The molecule has 0 bridgehead atoms. The van der Waals surface area contributed by atoms with Crippen LogP contribution in [-0.4, -0.2) is 48.8 Å². The Morgan fingerprint density at radius 2 is 2.00 bits per heavy atom. The predicted octanol–water partition coefficient (Wildman–Crippen LogP) is 1.71. The van der Waals surface area contributed by atoms with Crippen LogP contribution in [0, 0.1) is 17.8 Å². The van der Waals surface area contributed by atoms with E-state index in [1.165, 1.54) is 32.4 Å². The van der Waals surface area contributed by atoms with Crippen LogP contribution in [0.25, 0.3) is 0 Å². The van der Waals surface area contributed by atoms with Gasteiger partial charge < -0.3 is 15.3 Å². The number of rotatable bonds is 3. The summed E-state index contributed by atoms with van der Waals surface area (Å²) in [7, 11) is 2.10. The Bertz CT molecular complexity index is 259. The Labute approximate surface area is 112 Å². The van der Waals surface area contributed by atoms with Crippen LogP contribution in [0.3, 0.4) is 0 Å². The van der Waals surface area contributed by atoms with Crippen LogP contribution in [0.4, 0.5) is 0 Å². The lowest BCUT2D eigenvalue weighted by molar-refractivity contribution is 0.0156. The van der Waals surface area contributed by atoms with E-state index in [2.05, 4.69) is 31.1 Å². The number of nitrogens with zero attached hydrogens (tertiary/aromatic N) is 1. The van der Waals surface area contributed by atoms with Crippen molar-refractivity contribution in [2.75, 3.05) is 26.7 Å². The average molecular weight is 254 g/mol. The SMILES string of the molecule is CNC1CCC(C)CC1CN1CCC(C)C(O)C1. The number of hydrogen-bond acceptors (Lipinski definition) is 3. The molecule has 1 saturated carbocycles. The van der Waals surface area contributed by atoms with Gasteiger partial charge in [0.25, 0.3) is 0 Å². The van der Waals surface area contributed by atoms with Gasteiger partial charge in [-0.15, -0.1) is 0 Å². The third-order valence-corrected chi connectivity index (χ3v) is 5.11. The second kappa shape index (κ2) is 6.36. The molecule has 0 aromatic carbocycles. The highest BCUT2D eigenvalue weighted by molar-refractivity contribution is 4.87. The lowest BCUT2D eigenvalue weighted by atomic mass is 9.78. The van der Waals surface area contributed by atoms with Gasteiger partial charge in [0.1, 0.15) is 0 Å². The molecular formula is C15H30N2O. The Morgan fingerprint density at radius 1 is 1.22 bits per heavy atom. The zero-order valence-electron chi connectivity index (χ0n) is 12.2. The van der Waals surface area contributed by atoms with Crippen molar-refractivity contribution in [2.45, 2.75) is 51.7 Å². The second-order valence-corrected chi connectivity index (χ2v) is 6.67. The maximum absolute atomic E-state index is 10.00. The molecule has 1 aliphatic heterocycles. The molecule has 3 heteroatoms. The zero-order valence-corrected chi connectivity index (χ0v) is 12.2. The maximum Gasteiger partial charge on any atom is 0.0693 e. The van der Waals surface area contributed by atoms with Crippen LogP contribution >= 0.6 is 0 Å². The lowest BCUT2D eigenvalue weighted by Crippen LogP contribution is -2.49. The number of aliphatic hydroxyl groups excluding tert-OH is 1. The van der Waals surface area contributed by atoms with Crippen LogP contribution < -0.4 is 5.32 Å². The number of likely N-dealkylation sites (tertiary alicyclic amines) is 1. The van der Waals surface area contributed by atoms with E-state index in [1.807, 2.05) is 0 Å². The van der Waals surface area contributed by atoms with Gasteiger partial charge in [-0.05, 0) is 57.0 Å².